The Labute approximate surface area is 113 Å². The van der Waals surface area contributed by atoms with Gasteiger partial charge >= 0.3 is 0 Å². The van der Waals surface area contributed by atoms with Crippen LogP contribution in [0.3, 0.4) is 0 Å². The van der Waals surface area contributed by atoms with E-state index in [1.807, 2.05) is 31.2 Å². The van der Waals surface area contributed by atoms with Gasteiger partial charge in [0.1, 0.15) is 6.04 Å². The topological polar surface area (TPSA) is 41.1 Å². The first-order valence-electron chi connectivity index (χ1n) is 6.47. The van der Waals surface area contributed by atoms with Crippen molar-refractivity contribution in [3.05, 3.63) is 29.3 Å². The molecule has 3 nitrogen and oxygen atoms in total. The summed E-state index contributed by atoms with van der Waals surface area (Å²) in [5.41, 5.74) is 0.911. The average molecular weight is 267 g/mol. The normalized spacial score (nSPS) is 17.4. The van der Waals surface area contributed by atoms with Gasteiger partial charge in [0, 0.05) is 16.8 Å². The predicted octanol–water partition coefficient (Wildman–Crippen LogP) is 3.20. The molecule has 0 aliphatic heterocycles. The Morgan fingerprint density at radius 3 is 2.50 bits per heavy atom. The molecule has 0 spiro atoms. The molecule has 0 saturated heterocycles. The molecular formula is C14H19ClN2O. The van der Waals surface area contributed by atoms with E-state index in [2.05, 4.69) is 10.6 Å². The van der Waals surface area contributed by atoms with Crippen molar-refractivity contribution in [2.45, 2.75) is 44.7 Å². The highest BCUT2D eigenvalue weighted by atomic mass is 35.5. The second-order valence-electron chi connectivity index (χ2n) is 4.86. The molecule has 4 heteroatoms. The zero-order valence-electron chi connectivity index (χ0n) is 10.6. The third kappa shape index (κ3) is 3.64. The molecule has 18 heavy (non-hydrogen) atoms. The summed E-state index contributed by atoms with van der Waals surface area (Å²) in [6.07, 6.45) is 4.67. The molecule has 0 radical (unpaired) electrons. The van der Waals surface area contributed by atoms with Gasteiger partial charge in [-0.3, -0.25) is 4.79 Å². The van der Waals surface area contributed by atoms with Crippen LogP contribution in [-0.4, -0.2) is 18.0 Å². The van der Waals surface area contributed by atoms with E-state index in [0.29, 0.717) is 11.1 Å². The van der Waals surface area contributed by atoms with Gasteiger partial charge < -0.3 is 10.6 Å². The van der Waals surface area contributed by atoms with Gasteiger partial charge in [0.15, 0.2) is 0 Å². The summed E-state index contributed by atoms with van der Waals surface area (Å²) in [4.78, 5) is 12.0. The van der Waals surface area contributed by atoms with E-state index in [0.717, 1.165) is 18.5 Å². The van der Waals surface area contributed by atoms with Crippen molar-refractivity contribution in [1.82, 2.24) is 5.32 Å². The Bertz CT molecular complexity index is 399. The first-order chi connectivity index (χ1) is 8.65. The number of carbonyl (C=O) groups excluding carboxylic acids is 1. The van der Waals surface area contributed by atoms with Gasteiger partial charge in [-0.2, -0.15) is 0 Å². The van der Waals surface area contributed by atoms with Crippen LogP contribution in [0.25, 0.3) is 0 Å². The van der Waals surface area contributed by atoms with E-state index in [1.54, 1.807) is 0 Å². The van der Waals surface area contributed by atoms with Crippen LogP contribution in [0.2, 0.25) is 5.02 Å². The highest BCUT2D eigenvalue weighted by molar-refractivity contribution is 6.30. The maximum absolute atomic E-state index is 12.0. The van der Waals surface area contributed by atoms with E-state index >= 15 is 0 Å². The summed E-state index contributed by atoms with van der Waals surface area (Å²) in [6, 6.07) is 7.51. The van der Waals surface area contributed by atoms with Crippen LogP contribution in [0.15, 0.2) is 24.3 Å². The molecule has 1 aromatic rings. The van der Waals surface area contributed by atoms with Crippen LogP contribution in [0.4, 0.5) is 5.69 Å². The molecule has 0 bridgehead atoms. The van der Waals surface area contributed by atoms with Gasteiger partial charge in [0.05, 0.1) is 0 Å². The minimum Gasteiger partial charge on any atom is -0.374 e. The van der Waals surface area contributed by atoms with Gasteiger partial charge in [-0.15, -0.1) is 0 Å². The summed E-state index contributed by atoms with van der Waals surface area (Å²) >= 11 is 5.82. The number of benzene rings is 1. The minimum absolute atomic E-state index is 0.0665. The van der Waals surface area contributed by atoms with Gasteiger partial charge in [0.25, 0.3) is 0 Å². The Balaban J connectivity index is 1.84. The summed E-state index contributed by atoms with van der Waals surface area (Å²) in [5.74, 6) is 0.0665. The molecule has 1 aromatic carbocycles. The zero-order valence-corrected chi connectivity index (χ0v) is 11.3. The number of amides is 1. The maximum Gasteiger partial charge on any atom is 0.242 e. The molecule has 98 valence electrons. The van der Waals surface area contributed by atoms with E-state index in [1.165, 1.54) is 12.8 Å². The second kappa shape index (κ2) is 6.10. The SMILES string of the molecule is C[C@H](Nc1ccc(Cl)cc1)C(=O)NC1CCCC1. The largest absolute Gasteiger partial charge is 0.374 e. The van der Waals surface area contributed by atoms with Crippen molar-refractivity contribution in [2.75, 3.05) is 5.32 Å². The molecule has 1 atom stereocenters. The zero-order chi connectivity index (χ0) is 13.0. The van der Waals surface area contributed by atoms with Crippen molar-refractivity contribution in [3.8, 4) is 0 Å². The number of nitrogens with one attached hydrogen (secondary N) is 2. The predicted molar refractivity (Wildman–Crippen MR) is 74.9 cm³/mol. The van der Waals surface area contributed by atoms with Gasteiger partial charge in [-0.1, -0.05) is 24.4 Å². The van der Waals surface area contributed by atoms with Gasteiger partial charge in [-0.05, 0) is 44.0 Å². The van der Waals surface area contributed by atoms with Crippen LogP contribution in [-0.2, 0) is 4.79 Å². The van der Waals surface area contributed by atoms with E-state index in [9.17, 15) is 4.79 Å². The minimum atomic E-state index is -0.230. The lowest BCUT2D eigenvalue weighted by atomic mass is 10.2. The highest BCUT2D eigenvalue weighted by Crippen LogP contribution is 2.18. The summed E-state index contributed by atoms with van der Waals surface area (Å²) in [6.45, 7) is 1.87. The summed E-state index contributed by atoms with van der Waals surface area (Å²) in [7, 11) is 0. The Hall–Kier alpha value is -1.22. The molecule has 0 heterocycles. The van der Waals surface area contributed by atoms with E-state index < -0.39 is 0 Å². The lowest BCUT2D eigenvalue weighted by Gasteiger charge is -2.18. The Kier molecular flexibility index (Phi) is 4.48. The molecular weight excluding hydrogens is 248 g/mol. The molecule has 1 amide bonds. The smallest absolute Gasteiger partial charge is 0.242 e. The molecule has 1 saturated carbocycles. The van der Waals surface area contributed by atoms with Crippen LogP contribution in [0, 0.1) is 0 Å². The number of hydrogen-bond donors (Lipinski definition) is 2. The fraction of sp³-hybridized carbons (Fsp3) is 0.500. The third-order valence-corrected chi connectivity index (χ3v) is 3.57. The van der Waals surface area contributed by atoms with Crippen molar-refractivity contribution in [1.29, 1.82) is 0 Å². The second-order valence-corrected chi connectivity index (χ2v) is 5.30. The summed E-state index contributed by atoms with van der Waals surface area (Å²) < 4.78 is 0. The van der Waals surface area contributed by atoms with E-state index in [-0.39, 0.29) is 11.9 Å². The van der Waals surface area contributed by atoms with Gasteiger partial charge in [0.2, 0.25) is 5.91 Å². The molecule has 0 aromatic heterocycles. The average Bonchev–Trinajstić information content (AvgIpc) is 2.85. The molecule has 2 rings (SSSR count). The number of halogens is 1. The fourth-order valence-electron chi connectivity index (χ4n) is 2.26. The molecule has 2 N–H and O–H groups in total. The third-order valence-electron chi connectivity index (χ3n) is 3.32. The van der Waals surface area contributed by atoms with Crippen molar-refractivity contribution in [2.24, 2.45) is 0 Å². The molecule has 1 fully saturated rings. The lowest BCUT2D eigenvalue weighted by molar-refractivity contribution is -0.122. The van der Waals surface area contributed by atoms with Crippen LogP contribution >= 0.6 is 11.6 Å². The van der Waals surface area contributed by atoms with Crippen molar-refractivity contribution in [3.63, 3.8) is 0 Å². The van der Waals surface area contributed by atoms with Crippen molar-refractivity contribution < 1.29 is 4.79 Å². The van der Waals surface area contributed by atoms with Crippen molar-refractivity contribution >= 4 is 23.2 Å². The van der Waals surface area contributed by atoms with Gasteiger partial charge in [-0.25, -0.2) is 0 Å². The Morgan fingerprint density at radius 1 is 1.28 bits per heavy atom. The monoisotopic (exact) mass is 266 g/mol. The Morgan fingerprint density at radius 2 is 1.89 bits per heavy atom. The molecule has 1 aliphatic rings. The van der Waals surface area contributed by atoms with Crippen LogP contribution in [0.5, 0.6) is 0 Å². The molecule has 1 aliphatic carbocycles. The number of hydrogen-bond acceptors (Lipinski definition) is 2. The van der Waals surface area contributed by atoms with E-state index in [4.69, 9.17) is 11.6 Å². The van der Waals surface area contributed by atoms with Crippen LogP contribution in [0.1, 0.15) is 32.6 Å². The highest BCUT2D eigenvalue weighted by Gasteiger charge is 2.20. The quantitative estimate of drug-likeness (QED) is 0.879. The number of carbonyl (C=O) groups is 1. The number of rotatable bonds is 4. The van der Waals surface area contributed by atoms with Crippen LogP contribution < -0.4 is 10.6 Å². The molecule has 0 unspecified atom stereocenters. The first kappa shape index (κ1) is 13.2. The maximum atomic E-state index is 12.0. The standard InChI is InChI=1S/C14H19ClN2O/c1-10(14(18)17-12-4-2-3-5-12)16-13-8-6-11(15)7-9-13/h6-10,12,16H,2-5H2,1H3,(H,17,18)/t10-/m0/s1. The summed E-state index contributed by atoms with van der Waals surface area (Å²) in [5, 5.41) is 6.95. The lowest BCUT2D eigenvalue weighted by Crippen LogP contribution is -2.42. The first-order valence-corrected chi connectivity index (χ1v) is 6.85. The fourth-order valence-corrected chi connectivity index (χ4v) is 2.38. The number of anilines is 1.